The van der Waals surface area contributed by atoms with Crippen LogP contribution < -0.4 is 5.56 Å². The molecule has 0 atom stereocenters. The number of hydrogen-bond donors (Lipinski definition) is 1. The van der Waals surface area contributed by atoms with E-state index in [1.807, 2.05) is 54.0 Å². The highest BCUT2D eigenvalue weighted by Crippen LogP contribution is 2.29. The minimum Gasteiger partial charge on any atom is -0.325 e. The Balaban J connectivity index is 2.23. The summed E-state index contributed by atoms with van der Waals surface area (Å²) >= 11 is 0. The minimum atomic E-state index is -0.108. The Kier molecular flexibility index (Phi) is 2.44. The number of aromatic nitrogens is 3. The number of benzene rings is 1. The summed E-state index contributed by atoms with van der Waals surface area (Å²) in [5, 5.41) is 2.15. The van der Waals surface area contributed by atoms with E-state index < -0.39 is 0 Å². The number of H-pyrrole nitrogens is 1. The van der Waals surface area contributed by atoms with Crippen molar-refractivity contribution in [3.05, 3.63) is 70.8 Å². The van der Waals surface area contributed by atoms with E-state index in [1.165, 1.54) is 0 Å². The van der Waals surface area contributed by atoms with E-state index in [-0.39, 0.29) is 5.56 Å². The molecule has 21 heavy (non-hydrogen) atoms. The van der Waals surface area contributed by atoms with E-state index in [9.17, 15) is 4.79 Å². The van der Waals surface area contributed by atoms with Crippen molar-refractivity contribution in [3.8, 4) is 5.69 Å². The number of hydrogen-bond acceptors (Lipinski definition) is 2. The van der Waals surface area contributed by atoms with E-state index in [2.05, 4.69) is 16.0 Å². The fraction of sp³-hybridized carbons (Fsp3) is 0.0588. The van der Waals surface area contributed by atoms with Gasteiger partial charge in [0.2, 0.25) is 0 Å². The molecule has 0 saturated carbocycles. The van der Waals surface area contributed by atoms with Gasteiger partial charge in [0, 0.05) is 22.7 Å². The second-order valence-electron chi connectivity index (χ2n) is 5.08. The number of pyridine rings is 2. The molecule has 102 valence electrons. The molecule has 0 radical (unpaired) electrons. The maximum absolute atomic E-state index is 12.3. The van der Waals surface area contributed by atoms with Gasteiger partial charge < -0.3 is 4.98 Å². The Bertz CT molecular complexity index is 974. The Labute approximate surface area is 120 Å². The van der Waals surface area contributed by atoms with Crippen molar-refractivity contribution in [1.29, 1.82) is 0 Å². The van der Waals surface area contributed by atoms with Crippen LogP contribution in [0.5, 0.6) is 0 Å². The van der Waals surface area contributed by atoms with Gasteiger partial charge in [-0.25, -0.2) is 4.98 Å². The Morgan fingerprint density at radius 3 is 2.67 bits per heavy atom. The fourth-order valence-electron chi connectivity index (χ4n) is 2.78. The summed E-state index contributed by atoms with van der Waals surface area (Å²) in [7, 11) is 0. The number of fused-ring (bicyclic) bond motifs is 3. The van der Waals surface area contributed by atoms with Gasteiger partial charge in [-0.3, -0.25) is 9.36 Å². The Hall–Kier alpha value is -2.88. The van der Waals surface area contributed by atoms with Crippen LogP contribution in [0.4, 0.5) is 0 Å². The lowest BCUT2D eigenvalue weighted by Gasteiger charge is -2.06. The molecule has 4 rings (SSSR count). The third kappa shape index (κ3) is 1.69. The van der Waals surface area contributed by atoms with E-state index in [0.29, 0.717) is 5.69 Å². The molecule has 0 spiro atoms. The van der Waals surface area contributed by atoms with Crippen LogP contribution in [0.15, 0.2) is 59.5 Å². The quantitative estimate of drug-likeness (QED) is 0.580. The first kappa shape index (κ1) is 11.9. The normalized spacial score (nSPS) is 11.3. The fourth-order valence-corrected chi connectivity index (χ4v) is 2.78. The lowest BCUT2D eigenvalue weighted by Crippen LogP contribution is -2.15. The van der Waals surface area contributed by atoms with Gasteiger partial charge in [-0.15, -0.1) is 0 Å². The standard InChI is InChI=1S/C17H13N3O/c1-11-8-9-15(17(21)19-11)20-14-7-3-2-5-12(14)13-6-4-10-18-16(13)20/h2-10H,1H3,(H,19,21). The summed E-state index contributed by atoms with van der Waals surface area (Å²) in [5.74, 6) is 0. The maximum Gasteiger partial charge on any atom is 0.272 e. The van der Waals surface area contributed by atoms with Crippen molar-refractivity contribution in [1.82, 2.24) is 14.5 Å². The van der Waals surface area contributed by atoms with Crippen LogP contribution in [0.1, 0.15) is 5.69 Å². The first-order valence-electron chi connectivity index (χ1n) is 6.80. The van der Waals surface area contributed by atoms with Gasteiger partial charge in [-0.1, -0.05) is 18.2 Å². The molecule has 1 N–H and O–H groups in total. The molecule has 3 aromatic heterocycles. The summed E-state index contributed by atoms with van der Waals surface area (Å²) in [4.78, 5) is 19.6. The highest BCUT2D eigenvalue weighted by atomic mass is 16.1. The third-order valence-corrected chi connectivity index (χ3v) is 3.71. The average molecular weight is 275 g/mol. The van der Waals surface area contributed by atoms with Crippen molar-refractivity contribution < 1.29 is 0 Å². The van der Waals surface area contributed by atoms with Crippen LogP contribution in [-0.4, -0.2) is 14.5 Å². The van der Waals surface area contributed by atoms with Crippen LogP contribution >= 0.6 is 0 Å². The summed E-state index contributed by atoms with van der Waals surface area (Å²) in [6.45, 7) is 1.87. The molecular formula is C17H13N3O. The average Bonchev–Trinajstić information content (AvgIpc) is 2.82. The molecule has 4 heteroatoms. The van der Waals surface area contributed by atoms with Crippen molar-refractivity contribution in [2.75, 3.05) is 0 Å². The van der Waals surface area contributed by atoms with E-state index in [4.69, 9.17) is 0 Å². The van der Waals surface area contributed by atoms with Crippen molar-refractivity contribution in [2.24, 2.45) is 0 Å². The van der Waals surface area contributed by atoms with Gasteiger partial charge in [-0.2, -0.15) is 0 Å². The maximum atomic E-state index is 12.3. The van der Waals surface area contributed by atoms with Gasteiger partial charge in [0.05, 0.1) is 5.52 Å². The van der Waals surface area contributed by atoms with Crippen molar-refractivity contribution in [3.63, 3.8) is 0 Å². The predicted octanol–water partition coefficient (Wildman–Crippen LogP) is 3.18. The molecule has 4 aromatic rings. The van der Waals surface area contributed by atoms with Crippen molar-refractivity contribution in [2.45, 2.75) is 6.92 Å². The molecular weight excluding hydrogens is 262 g/mol. The van der Waals surface area contributed by atoms with Gasteiger partial charge in [0.15, 0.2) is 0 Å². The van der Waals surface area contributed by atoms with Crippen LogP contribution in [0.3, 0.4) is 0 Å². The van der Waals surface area contributed by atoms with E-state index >= 15 is 0 Å². The van der Waals surface area contributed by atoms with Crippen LogP contribution in [-0.2, 0) is 0 Å². The molecule has 0 saturated heterocycles. The smallest absolute Gasteiger partial charge is 0.272 e. The van der Waals surface area contributed by atoms with Gasteiger partial charge in [0.25, 0.3) is 5.56 Å². The highest BCUT2D eigenvalue weighted by molar-refractivity contribution is 6.07. The monoisotopic (exact) mass is 275 g/mol. The summed E-state index contributed by atoms with van der Waals surface area (Å²) in [6.07, 6.45) is 1.75. The zero-order valence-corrected chi connectivity index (χ0v) is 11.5. The summed E-state index contributed by atoms with van der Waals surface area (Å²) < 4.78 is 1.92. The number of aromatic amines is 1. The molecule has 4 nitrogen and oxygen atoms in total. The lowest BCUT2D eigenvalue weighted by atomic mass is 10.2. The number of rotatable bonds is 1. The van der Waals surface area contributed by atoms with Crippen LogP contribution in [0, 0.1) is 6.92 Å². The first-order valence-corrected chi connectivity index (χ1v) is 6.80. The van der Waals surface area contributed by atoms with Gasteiger partial charge in [-0.05, 0) is 37.3 Å². The highest BCUT2D eigenvalue weighted by Gasteiger charge is 2.14. The number of para-hydroxylation sites is 1. The van der Waals surface area contributed by atoms with Crippen molar-refractivity contribution >= 4 is 21.9 Å². The lowest BCUT2D eigenvalue weighted by molar-refractivity contribution is 1.05. The molecule has 3 heterocycles. The third-order valence-electron chi connectivity index (χ3n) is 3.71. The number of nitrogens with one attached hydrogen (secondary N) is 1. The Morgan fingerprint density at radius 2 is 1.81 bits per heavy atom. The Morgan fingerprint density at radius 1 is 1.00 bits per heavy atom. The zero-order chi connectivity index (χ0) is 14.4. The SMILES string of the molecule is Cc1ccc(-n2c3ccccc3c3cccnc32)c(=O)[nH]1. The molecule has 0 aliphatic carbocycles. The topological polar surface area (TPSA) is 50.7 Å². The summed E-state index contributed by atoms with van der Waals surface area (Å²) in [6, 6.07) is 15.7. The molecule has 0 aliphatic heterocycles. The van der Waals surface area contributed by atoms with E-state index in [0.717, 1.165) is 27.6 Å². The first-order chi connectivity index (χ1) is 10.3. The molecule has 0 aliphatic rings. The van der Waals surface area contributed by atoms with Crippen LogP contribution in [0.25, 0.3) is 27.6 Å². The van der Waals surface area contributed by atoms with E-state index in [1.54, 1.807) is 6.20 Å². The number of aryl methyl sites for hydroxylation is 1. The largest absolute Gasteiger partial charge is 0.325 e. The predicted molar refractivity (Wildman–Crippen MR) is 83.9 cm³/mol. The summed E-state index contributed by atoms with van der Waals surface area (Å²) in [5.41, 5.74) is 3.11. The van der Waals surface area contributed by atoms with Gasteiger partial charge >= 0.3 is 0 Å². The zero-order valence-electron chi connectivity index (χ0n) is 11.5. The molecule has 0 unspecified atom stereocenters. The number of nitrogens with zero attached hydrogens (tertiary/aromatic N) is 2. The van der Waals surface area contributed by atoms with Gasteiger partial charge in [0.1, 0.15) is 11.3 Å². The minimum absolute atomic E-state index is 0.108. The molecule has 0 fully saturated rings. The van der Waals surface area contributed by atoms with Crippen LogP contribution in [0.2, 0.25) is 0 Å². The molecule has 0 bridgehead atoms. The molecule has 0 amide bonds. The molecule has 1 aromatic carbocycles. The second-order valence-corrected chi connectivity index (χ2v) is 5.08. The second kappa shape index (κ2) is 4.31.